The van der Waals surface area contributed by atoms with Gasteiger partial charge in [0.15, 0.2) is 5.82 Å². The number of anilines is 1. The van der Waals surface area contributed by atoms with Gasteiger partial charge < -0.3 is 24.4 Å². The second kappa shape index (κ2) is 11.7. The molecule has 1 atom stereocenters. The molecule has 2 aromatic heterocycles. The molecule has 1 aromatic carbocycles. The quantitative estimate of drug-likeness (QED) is 0.363. The van der Waals surface area contributed by atoms with E-state index in [9.17, 15) is 4.79 Å². The molecule has 1 saturated heterocycles. The zero-order chi connectivity index (χ0) is 26.4. The Kier molecular flexibility index (Phi) is 8.38. The first-order chi connectivity index (χ1) is 17.8. The number of rotatable bonds is 8. The Morgan fingerprint density at radius 2 is 1.92 bits per heavy atom. The molecule has 3 heterocycles. The second-order valence-electron chi connectivity index (χ2n) is 9.65. The average molecular weight is 524 g/mol. The lowest BCUT2D eigenvalue weighted by Crippen LogP contribution is -2.42. The van der Waals surface area contributed by atoms with E-state index < -0.39 is 5.60 Å². The molecule has 4 rings (SSSR count). The van der Waals surface area contributed by atoms with E-state index in [1.807, 2.05) is 57.4 Å². The Morgan fingerprint density at radius 1 is 1.16 bits per heavy atom. The molecular formula is C27H33N5O4S. The molecule has 37 heavy (non-hydrogen) atoms. The van der Waals surface area contributed by atoms with E-state index in [2.05, 4.69) is 15.3 Å². The first-order valence-corrected chi connectivity index (χ1v) is 13.4. The summed E-state index contributed by atoms with van der Waals surface area (Å²) in [6, 6.07) is 9.28. The minimum absolute atomic E-state index is 0.00850. The lowest BCUT2D eigenvalue weighted by molar-refractivity contribution is 0.0235. The third-order valence-electron chi connectivity index (χ3n) is 5.77. The average Bonchev–Trinajstić information content (AvgIpc) is 3.36. The monoisotopic (exact) mass is 523 g/mol. The Morgan fingerprint density at radius 3 is 2.62 bits per heavy atom. The zero-order valence-electron chi connectivity index (χ0n) is 21.9. The van der Waals surface area contributed by atoms with Crippen molar-refractivity contribution in [3.63, 3.8) is 0 Å². The maximum absolute atomic E-state index is 12.7. The van der Waals surface area contributed by atoms with E-state index in [0.717, 1.165) is 29.1 Å². The molecule has 0 aliphatic carbocycles. The normalized spacial score (nSPS) is 15.4. The van der Waals surface area contributed by atoms with Crippen molar-refractivity contribution in [1.82, 2.24) is 19.9 Å². The number of pyridine rings is 1. The van der Waals surface area contributed by atoms with Crippen molar-refractivity contribution in [2.75, 3.05) is 31.8 Å². The standard InChI is InChI=1S/C27H33N5O4S/c1-27(2,3)36-26(33)32-12-6-7-19(32)15-29-23-17-30-24(18-13-22(37-5)16-28-14-18)31-25(23)35-21-10-8-20(34-4)9-11-21/h8-11,13-14,16-17,19,29H,6-7,12,15H2,1-5H3/t19-/m0/s1. The van der Waals surface area contributed by atoms with Crippen molar-refractivity contribution in [2.45, 2.75) is 50.2 Å². The zero-order valence-corrected chi connectivity index (χ0v) is 22.7. The van der Waals surface area contributed by atoms with Gasteiger partial charge >= 0.3 is 6.09 Å². The summed E-state index contributed by atoms with van der Waals surface area (Å²) in [6.45, 7) is 6.82. The van der Waals surface area contributed by atoms with E-state index in [1.54, 1.807) is 42.4 Å². The minimum Gasteiger partial charge on any atom is -0.497 e. The minimum atomic E-state index is -0.539. The summed E-state index contributed by atoms with van der Waals surface area (Å²) in [5.74, 6) is 2.23. The van der Waals surface area contributed by atoms with Gasteiger partial charge in [-0.15, -0.1) is 11.8 Å². The molecule has 9 nitrogen and oxygen atoms in total. The summed E-state index contributed by atoms with van der Waals surface area (Å²) >= 11 is 1.60. The van der Waals surface area contributed by atoms with Crippen LogP contribution in [0.25, 0.3) is 11.4 Å². The predicted molar refractivity (Wildman–Crippen MR) is 145 cm³/mol. The van der Waals surface area contributed by atoms with Crippen LogP contribution in [0.1, 0.15) is 33.6 Å². The Hall–Kier alpha value is -3.53. The summed E-state index contributed by atoms with van der Waals surface area (Å²) in [6.07, 6.45) is 8.75. The van der Waals surface area contributed by atoms with E-state index in [1.165, 1.54) is 0 Å². The number of aromatic nitrogens is 3. The molecule has 0 spiro atoms. The molecule has 1 fully saturated rings. The van der Waals surface area contributed by atoms with E-state index in [4.69, 9.17) is 19.2 Å². The molecule has 0 saturated carbocycles. The second-order valence-corrected chi connectivity index (χ2v) is 10.5. The fourth-order valence-corrected chi connectivity index (χ4v) is 4.36. The Balaban J connectivity index is 1.57. The van der Waals surface area contributed by atoms with Crippen LogP contribution < -0.4 is 14.8 Å². The third kappa shape index (κ3) is 7.03. The van der Waals surface area contributed by atoms with Crippen molar-refractivity contribution in [3.8, 4) is 28.8 Å². The van der Waals surface area contributed by atoms with Crippen LogP contribution in [0, 0.1) is 0 Å². The summed E-state index contributed by atoms with van der Waals surface area (Å²) in [7, 11) is 1.62. The molecule has 1 N–H and O–H groups in total. The van der Waals surface area contributed by atoms with Crippen LogP contribution >= 0.6 is 11.8 Å². The number of nitrogens with zero attached hydrogens (tertiary/aromatic N) is 4. The van der Waals surface area contributed by atoms with Crippen LogP contribution in [0.5, 0.6) is 17.4 Å². The van der Waals surface area contributed by atoms with E-state index >= 15 is 0 Å². The number of carbonyl (C=O) groups excluding carboxylic acids is 1. The van der Waals surface area contributed by atoms with Crippen LogP contribution in [0.4, 0.5) is 10.5 Å². The summed E-state index contributed by atoms with van der Waals surface area (Å²) in [5, 5.41) is 3.40. The van der Waals surface area contributed by atoms with Gasteiger partial charge in [-0.3, -0.25) is 4.98 Å². The highest BCUT2D eigenvalue weighted by molar-refractivity contribution is 7.98. The van der Waals surface area contributed by atoms with Gasteiger partial charge in [0.05, 0.1) is 19.3 Å². The molecule has 10 heteroatoms. The predicted octanol–water partition coefficient (Wildman–Crippen LogP) is 5.87. The van der Waals surface area contributed by atoms with Gasteiger partial charge in [0, 0.05) is 35.9 Å². The maximum Gasteiger partial charge on any atom is 0.410 e. The van der Waals surface area contributed by atoms with Crippen LogP contribution in [0.3, 0.4) is 0 Å². The maximum atomic E-state index is 12.7. The van der Waals surface area contributed by atoms with Crippen molar-refractivity contribution >= 4 is 23.5 Å². The highest BCUT2D eigenvalue weighted by Gasteiger charge is 2.32. The first kappa shape index (κ1) is 26.5. The molecular weight excluding hydrogens is 490 g/mol. The molecule has 1 amide bonds. The topological polar surface area (TPSA) is 98.7 Å². The van der Waals surface area contributed by atoms with E-state index in [-0.39, 0.29) is 12.1 Å². The Bertz CT molecular complexity index is 1220. The number of hydrogen-bond acceptors (Lipinski definition) is 9. The summed E-state index contributed by atoms with van der Waals surface area (Å²) in [4.78, 5) is 29.1. The van der Waals surface area contributed by atoms with Crippen LogP contribution in [0.2, 0.25) is 0 Å². The van der Waals surface area contributed by atoms with Gasteiger partial charge in [-0.1, -0.05) is 0 Å². The highest BCUT2D eigenvalue weighted by Crippen LogP contribution is 2.31. The number of thioether (sulfide) groups is 1. The molecule has 3 aromatic rings. The van der Waals surface area contributed by atoms with Gasteiger partial charge in [-0.05, 0) is 70.2 Å². The van der Waals surface area contributed by atoms with E-state index in [0.29, 0.717) is 36.2 Å². The van der Waals surface area contributed by atoms with Crippen molar-refractivity contribution in [3.05, 3.63) is 48.9 Å². The van der Waals surface area contributed by atoms with Crippen LogP contribution in [0.15, 0.2) is 53.8 Å². The number of nitrogens with one attached hydrogen (secondary N) is 1. The summed E-state index contributed by atoms with van der Waals surface area (Å²) < 4.78 is 17.0. The molecule has 0 unspecified atom stereocenters. The molecule has 0 radical (unpaired) electrons. The van der Waals surface area contributed by atoms with Gasteiger partial charge in [0.25, 0.3) is 0 Å². The van der Waals surface area contributed by atoms with Crippen LogP contribution in [-0.4, -0.2) is 64.0 Å². The van der Waals surface area contributed by atoms with Gasteiger partial charge in [0.2, 0.25) is 5.88 Å². The number of hydrogen-bond donors (Lipinski definition) is 1. The largest absolute Gasteiger partial charge is 0.497 e. The van der Waals surface area contributed by atoms with Crippen molar-refractivity contribution < 1.29 is 19.0 Å². The number of ether oxygens (including phenoxy) is 3. The lowest BCUT2D eigenvalue weighted by atomic mass is 10.2. The van der Waals surface area contributed by atoms with Gasteiger partial charge in [-0.25, -0.2) is 9.78 Å². The molecule has 0 bridgehead atoms. The number of carbonyl (C=O) groups is 1. The molecule has 1 aliphatic heterocycles. The SMILES string of the molecule is COc1ccc(Oc2nc(-c3cncc(SC)c3)ncc2NC[C@@H]2CCCN2C(=O)OC(C)(C)C)cc1. The van der Waals surface area contributed by atoms with Gasteiger partial charge in [0.1, 0.15) is 22.8 Å². The van der Waals surface area contributed by atoms with Crippen LogP contribution in [-0.2, 0) is 4.74 Å². The third-order valence-corrected chi connectivity index (χ3v) is 6.46. The van der Waals surface area contributed by atoms with Crippen molar-refractivity contribution in [2.24, 2.45) is 0 Å². The van der Waals surface area contributed by atoms with Gasteiger partial charge in [-0.2, -0.15) is 4.98 Å². The van der Waals surface area contributed by atoms with Crippen molar-refractivity contribution in [1.29, 1.82) is 0 Å². The Labute approximate surface area is 222 Å². The first-order valence-electron chi connectivity index (χ1n) is 12.2. The highest BCUT2D eigenvalue weighted by atomic mass is 32.2. The molecule has 196 valence electrons. The summed E-state index contributed by atoms with van der Waals surface area (Å²) in [5.41, 5.74) is 0.887. The smallest absolute Gasteiger partial charge is 0.410 e. The molecule has 1 aliphatic rings. The number of likely N-dealkylation sites (tertiary alicyclic amines) is 1. The fourth-order valence-electron chi connectivity index (χ4n) is 3.95. The fraction of sp³-hybridized carbons (Fsp3) is 0.407. The number of amides is 1. The number of methoxy groups -OCH3 is 1. The lowest BCUT2D eigenvalue weighted by Gasteiger charge is -2.29. The number of benzene rings is 1.